The predicted molar refractivity (Wildman–Crippen MR) is 95.9 cm³/mol. The minimum atomic E-state index is -0.239. The summed E-state index contributed by atoms with van der Waals surface area (Å²) in [6.07, 6.45) is 2.19. The maximum absolute atomic E-state index is 13.1. The van der Waals surface area contributed by atoms with E-state index in [0.29, 0.717) is 37.9 Å². The smallest absolute Gasteiger partial charge is 0.292 e. The lowest BCUT2D eigenvalue weighted by Crippen LogP contribution is -2.48. The monoisotopic (exact) mass is 358 g/mol. The molecule has 138 valence electrons. The molecule has 2 aliphatic rings. The van der Waals surface area contributed by atoms with Crippen molar-refractivity contribution >= 4 is 11.6 Å². The summed E-state index contributed by atoms with van der Waals surface area (Å²) in [5.74, 6) is 0.299. The van der Waals surface area contributed by atoms with Crippen molar-refractivity contribution in [1.29, 1.82) is 0 Å². The van der Waals surface area contributed by atoms with Gasteiger partial charge < -0.3 is 19.6 Å². The topological polar surface area (TPSA) is 61.6 Å². The third-order valence-corrected chi connectivity index (χ3v) is 5.21. The fourth-order valence-electron chi connectivity index (χ4n) is 3.66. The molecule has 1 amide bonds. The lowest BCUT2D eigenvalue weighted by Gasteiger charge is -2.35. The molecule has 2 saturated heterocycles. The number of carbonyl (C=O) groups is 1. The number of aromatic nitrogens is 1. The number of rotatable bonds is 3. The summed E-state index contributed by atoms with van der Waals surface area (Å²) in [6, 6.07) is 8.26. The maximum atomic E-state index is 13.1. The number of hydrogen-bond donors (Lipinski definition) is 1. The van der Waals surface area contributed by atoms with Gasteiger partial charge in [0.15, 0.2) is 0 Å². The van der Waals surface area contributed by atoms with Crippen LogP contribution in [0.1, 0.15) is 35.0 Å². The summed E-state index contributed by atoms with van der Waals surface area (Å²) in [5, 5.41) is 7.47. The van der Waals surface area contributed by atoms with Crippen molar-refractivity contribution in [2.24, 2.45) is 0 Å². The van der Waals surface area contributed by atoms with E-state index in [1.165, 1.54) is 12.1 Å². The van der Waals surface area contributed by atoms with Gasteiger partial charge in [0.2, 0.25) is 5.76 Å². The van der Waals surface area contributed by atoms with Gasteiger partial charge in [0.1, 0.15) is 5.82 Å². The van der Waals surface area contributed by atoms with Crippen LogP contribution < -0.4 is 10.2 Å². The Hall–Kier alpha value is -2.41. The van der Waals surface area contributed by atoms with Crippen molar-refractivity contribution in [3.8, 4) is 0 Å². The van der Waals surface area contributed by atoms with E-state index in [4.69, 9.17) is 4.52 Å². The molecule has 1 aromatic heterocycles. The Bertz CT molecular complexity index is 747. The highest BCUT2D eigenvalue weighted by atomic mass is 19.1. The minimum absolute atomic E-state index is 0.105. The van der Waals surface area contributed by atoms with Gasteiger partial charge in [-0.3, -0.25) is 4.79 Å². The molecule has 1 atom stereocenters. The van der Waals surface area contributed by atoms with Crippen LogP contribution in [0.15, 0.2) is 34.9 Å². The van der Waals surface area contributed by atoms with Gasteiger partial charge in [0.25, 0.3) is 5.91 Å². The van der Waals surface area contributed by atoms with Crippen molar-refractivity contribution in [2.75, 3.05) is 44.2 Å². The van der Waals surface area contributed by atoms with Gasteiger partial charge in [0, 0.05) is 50.4 Å². The number of nitrogens with one attached hydrogen (secondary N) is 1. The van der Waals surface area contributed by atoms with Gasteiger partial charge in [-0.25, -0.2) is 4.39 Å². The molecular weight excluding hydrogens is 335 g/mol. The lowest BCUT2D eigenvalue weighted by atomic mass is 9.96. The molecule has 0 spiro atoms. The molecule has 3 heterocycles. The summed E-state index contributed by atoms with van der Waals surface area (Å²) in [7, 11) is 0. The van der Waals surface area contributed by atoms with Gasteiger partial charge in [-0.15, -0.1) is 0 Å². The van der Waals surface area contributed by atoms with Gasteiger partial charge in [-0.1, -0.05) is 5.16 Å². The molecule has 2 fully saturated rings. The van der Waals surface area contributed by atoms with Crippen LogP contribution in [0.25, 0.3) is 0 Å². The quantitative estimate of drug-likeness (QED) is 0.912. The number of nitrogens with zero attached hydrogens (tertiary/aromatic N) is 3. The molecule has 1 N–H and O–H groups in total. The number of benzene rings is 1. The maximum Gasteiger partial charge on any atom is 0.292 e. The number of piperazine rings is 1. The summed E-state index contributed by atoms with van der Waals surface area (Å²) < 4.78 is 18.4. The largest absolute Gasteiger partial charge is 0.368 e. The molecule has 4 rings (SSSR count). The van der Waals surface area contributed by atoms with E-state index in [0.717, 1.165) is 37.3 Å². The molecule has 6 nitrogen and oxygen atoms in total. The second kappa shape index (κ2) is 7.45. The highest BCUT2D eigenvalue weighted by Crippen LogP contribution is 2.24. The Balaban J connectivity index is 1.36. The van der Waals surface area contributed by atoms with Crippen LogP contribution in [0, 0.1) is 5.82 Å². The molecule has 1 unspecified atom stereocenters. The fraction of sp³-hybridized carbons (Fsp3) is 0.474. The minimum Gasteiger partial charge on any atom is -0.368 e. The van der Waals surface area contributed by atoms with Crippen molar-refractivity contribution in [3.05, 3.63) is 47.6 Å². The number of halogens is 1. The highest BCUT2D eigenvalue weighted by molar-refractivity contribution is 5.91. The Morgan fingerprint density at radius 1 is 1.19 bits per heavy atom. The standard InChI is InChI=1S/C19H23FN4O2/c20-15-3-5-16(6-4-15)23-8-10-24(11-9-23)19(25)18-12-17(22-26-18)14-2-1-7-21-13-14/h3-6,12,14,21H,1-2,7-11,13H2. The number of anilines is 1. The second-order valence-corrected chi connectivity index (χ2v) is 6.91. The zero-order valence-corrected chi connectivity index (χ0v) is 14.7. The average molecular weight is 358 g/mol. The molecule has 7 heteroatoms. The first-order chi connectivity index (χ1) is 12.7. The van der Waals surface area contributed by atoms with E-state index in [2.05, 4.69) is 15.4 Å². The average Bonchev–Trinajstić information content (AvgIpc) is 3.19. The molecule has 0 aliphatic carbocycles. The van der Waals surface area contributed by atoms with Crippen molar-refractivity contribution in [3.63, 3.8) is 0 Å². The third kappa shape index (κ3) is 3.58. The molecule has 2 aliphatic heterocycles. The molecular formula is C19H23FN4O2. The Labute approximate surface area is 151 Å². The summed E-state index contributed by atoms with van der Waals surface area (Å²) in [5.41, 5.74) is 1.84. The number of piperidine rings is 1. The highest BCUT2D eigenvalue weighted by Gasteiger charge is 2.27. The molecule has 26 heavy (non-hydrogen) atoms. The van der Waals surface area contributed by atoms with Crippen LogP contribution in [0.2, 0.25) is 0 Å². The second-order valence-electron chi connectivity index (χ2n) is 6.91. The molecule has 0 saturated carbocycles. The van der Waals surface area contributed by atoms with E-state index >= 15 is 0 Å². The van der Waals surface area contributed by atoms with Gasteiger partial charge in [-0.05, 0) is 43.7 Å². The SMILES string of the molecule is O=C(c1cc(C2CCCNC2)no1)N1CCN(c2ccc(F)cc2)CC1. The predicted octanol–water partition coefficient (Wildman–Crippen LogP) is 2.24. The number of amides is 1. The van der Waals surface area contributed by atoms with E-state index in [1.807, 2.05) is 0 Å². The van der Waals surface area contributed by atoms with Crippen molar-refractivity contribution in [1.82, 2.24) is 15.4 Å². The Morgan fingerprint density at radius 3 is 2.65 bits per heavy atom. The number of hydrogen-bond acceptors (Lipinski definition) is 5. The van der Waals surface area contributed by atoms with Crippen LogP contribution >= 0.6 is 0 Å². The first-order valence-corrected chi connectivity index (χ1v) is 9.18. The first-order valence-electron chi connectivity index (χ1n) is 9.18. The number of carbonyl (C=O) groups excluding carboxylic acids is 1. The van der Waals surface area contributed by atoms with Crippen molar-refractivity contribution in [2.45, 2.75) is 18.8 Å². The van der Waals surface area contributed by atoms with Crippen molar-refractivity contribution < 1.29 is 13.7 Å². The van der Waals surface area contributed by atoms with Gasteiger partial charge in [0.05, 0.1) is 5.69 Å². The van der Waals surface area contributed by atoms with Crippen LogP contribution in [-0.4, -0.2) is 55.2 Å². The summed E-state index contributed by atoms with van der Waals surface area (Å²) >= 11 is 0. The molecule has 1 aromatic carbocycles. The lowest BCUT2D eigenvalue weighted by molar-refractivity contribution is 0.0704. The van der Waals surface area contributed by atoms with Gasteiger partial charge >= 0.3 is 0 Å². The molecule has 2 aromatic rings. The summed E-state index contributed by atoms with van der Waals surface area (Å²) in [6.45, 7) is 4.57. The van der Waals surface area contributed by atoms with Crippen LogP contribution in [-0.2, 0) is 0 Å². The molecule has 0 bridgehead atoms. The Kier molecular flexibility index (Phi) is 4.88. The van der Waals surface area contributed by atoms with Crippen LogP contribution in [0.4, 0.5) is 10.1 Å². The zero-order valence-electron chi connectivity index (χ0n) is 14.7. The molecule has 0 radical (unpaired) electrons. The Morgan fingerprint density at radius 2 is 1.96 bits per heavy atom. The van der Waals surface area contributed by atoms with E-state index in [-0.39, 0.29) is 11.7 Å². The van der Waals surface area contributed by atoms with Crippen LogP contribution in [0.3, 0.4) is 0 Å². The van der Waals surface area contributed by atoms with E-state index < -0.39 is 0 Å². The third-order valence-electron chi connectivity index (χ3n) is 5.21. The van der Waals surface area contributed by atoms with E-state index in [1.54, 1.807) is 23.1 Å². The summed E-state index contributed by atoms with van der Waals surface area (Å²) in [4.78, 5) is 16.6. The fourth-order valence-corrected chi connectivity index (χ4v) is 3.66. The van der Waals surface area contributed by atoms with Gasteiger partial charge in [-0.2, -0.15) is 0 Å². The normalized spacial score (nSPS) is 21.0. The first kappa shape index (κ1) is 17.0. The van der Waals surface area contributed by atoms with Crippen LogP contribution in [0.5, 0.6) is 0 Å². The van der Waals surface area contributed by atoms with E-state index in [9.17, 15) is 9.18 Å². The zero-order chi connectivity index (χ0) is 17.9.